The van der Waals surface area contributed by atoms with Gasteiger partial charge in [-0.25, -0.2) is 17.9 Å². The molecule has 1 aromatic rings. The lowest BCUT2D eigenvalue weighted by molar-refractivity contribution is 0.0692. The molecule has 1 rings (SSSR count). The van der Waals surface area contributed by atoms with Crippen molar-refractivity contribution in [1.29, 1.82) is 0 Å². The van der Waals surface area contributed by atoms with Crippen LogP contribution >= 0.6 is 0 Å². The van der Waals surface area contributed by atoms with E-state index in [4.69, 9.17) is 15.6 Å². The van der Waals surface area contributed by atoms with Gasteiger partial charge in [-0.15, -0.1) is 0 Å². The summed E-state index contributed by atoms with van der Waals surface area (Å²) in [6.45, 7) is 0.878. The van der Waals surface area contributed by atoms with E-state index < -0.39 is 16.0 Å². The summed E-state index contributed by atoms with van der Waals surface area (Å²) in [5.41, 5.74) is 5.35. The molecule has 0 aliphatic carbocycles. The van der Waals surface area contributed by atoms with Crippen molar-refractivity contribution in [2.45, 2.75) is 24.2 Å². The molecule has 0 amide bonds. The molecule has 0 saturated carbocycles. The van der Waals surface area contributed by atoms with E-state index in [9.17, 15) is 13.2 Å². The Balaban J connectivity index is 2.72. The third-order valence-electron chi connectivity index (χ3n) is 2.84. The lowest BCUT2D eigenvalue weighted by Gasteiger charge is -2.10. The average molecular weight is 316 g/mol. The fraction of sp³-hybridized carbons (Fsp3) is 0.462. The van der Waals surface area contributed by atoms with Crippen molar-refractivity contribution in [3.05, 3.63) is 23.8 Å². The Morgan fingerprint density at radius 3 is 2.67 bits per heavy atom. The van der Waals surface area contributed by atoms with Gasteiger partial charge < -0.3 is 15.6 Å². The number of hydrogen-bond donors (Lipinski definition) is 3. The van der Waals surface area contributed by atoms with Crippen LogP contribution in [-0.4, -0.2) is 39.8 Å². The molecule has 0 aliphatic rings. The number of carboxylic acids is 1. The van der Waals surface area contributed by atoms with Crippen LogP contribution in [0, 0.1) is 0 Å². The lowest BCUT2D eigenvalue weighted by atomic mass is 10.2. The molecule has 0 radical (unpaired) electrons. The molecular formula is C13H20N2O5S. The first-order chi connectivity index (χ1) is 9.88. The molecule has 0 spiro atoms. The molecule has 8 heteroatoms. The Morgan fingerprint density at radius 1 is 1.33 bits per heavy atom. The highest BCUT2D eigenvalue weighted by Crippen LogP contribution is 2.19. The number of nitrogen functional groups attached to an aromatic ring is 1. The molecule has 0 aliphatic heterocycles. The van der Waals surface area contributed by atoms with Crippen molar-refractivity contribution in [2.24, 2.45) is 0 Å². The molecule has 0 bridgehead atoms. The first-order valence-corrected chi connectivity index (χ1v) is 7.98. The summed E-state index contributed by atoms with van der Waals surface area (Å²) >= 11 is 0. The van der Waals surface area contributed by atoms with E-state index in [0.717, 1.165) is 18.9 Å². The molecule has 0 fully saturated rings. The van der Waals surface area contributed by atoms with Crippen LogP contribution in [0.5, 0.6) is 0 Å². The van der Waals surface area contributed by atoms with Gasteiger partial charge in [0.15, 0.2) is 0 Å². The second-order valence-corrected chi connectivity index (χ2v) is 6.25. The van der Waals surface area contributed by atoms with Crippen LogP contribution in [-0.2, 0) is 14.8 Å². The first kappa shape index (κ1) is 17.4. The molecule has 4 N–H and O–H groups in total. The van der Waals surface area contributed by atoms with Gasteiger partial charge in [0.2, 0.25) is 10.0 Å². The van der Waals surface area contributed by atoms with Crippen LogP contribution in [0.15, 0.2) is 23.1 Å². The summed E-state index contributed by atoms with van der Waals surface area (Å²) in [7, 11) is -2.25. The number of anilines is 1. The number of hydrogen-bond acceptors (Lipinski definition) is 5. The van der Waals surface area contributed by atoms with Crippen LogP contribution in [0.3, 0.4) is 0 Å². The molecule has 0 aromatic heterocycles. The summed E-state index contributed by atoms with van der Waals surface area (Å²) in [4.78, 5) is 10.8. The predicted molar refractivity (Wildman–Crippen MR) is 78.7 cm³/mol. The maximum Gasteiger partial charge on any atom is 0.337 e. The van der Waals surface area contributed by atoms with Gasteiger partial charge in [-0.1, -0.05) is 0 Å². The van der Waals surface area contributed by atoms with Gasteiger partial charge in [0.05, 0.1) is 10.5 Å². The first-order valence-electron chi connectivity index (χ1n) is 6.50. The lowest BCUT2D eigenvalue weighted by Crippen LogP contribution is -2.26. The van der Waals surface area contributed by atoms with Crippen molar-refractivity contribution in [1.82, 2.24) is 4.72 Å². The highest BCUT2D eigenvalue weighted by molar-refractivity contribution is 7.89. The number of unbranched alkanes of at least 4 members (excludes halogenated alkanes) is 2. The second kappa shape index (κ2) is 7.96. The number of carboxylic acid groups (broad SMARTS) is 1. The number of ether oxygens (including phenoxy) is 1. The SMILES string of the molecule is COCCCCCNS(=O)(=O)c1ccc(N)cc1C(=O)O. The number of carbonyl (C=O) groups is 1. The third kappa shape index (κ3) is 5.33. The number of aromatic carboxylic acids is 1. The van der Waals surface area contributed by atoms with Crippen LogP contribution in [0.1, 0.15) is 29.6 Å². The van der Waals surface area contributed by atoms with Gasteiger partial charge in [0.25, 0.3) is 0 Å². The fourth-order valence-electron chi connectivity index (χ4n) is 1.78. The van der Waals surface area contributed by atoms with Crippen LogP contribution in [0.2, 0.25) is 0 Å². The van der Waals surface area contributed by atoms with Crippen LogP contribution < -0.4 is 10.5 Å². The van der Waals surface area contributed by atoms with E-state index in [0.29, 0.717) is 13.0 Å². The van der Waals surface area contributed by atoms with Crippen molar-refractivity contribution in [2.75, 3.05) is 26.0 Å². The Hall–Kier alpha value is -1.64. The molecule has 0 unspecified atom stereocenters. The Kier molecular flexibility index (Phi) is 6.60. The van der Waals surface area contributed by atoms with Gasteiger partial charge in [-0.3, -0.25) is 0 Å². The minimum absolute atomic E-state index is 0.200. The standard InChI is InChI=1S/C13H20N2O5S/c1-20-8-4-2-3-7-15-21(18,19)12-6-5-10(14)9-11(12)13(16)17/h5-6,9,15H,2-4,7-8,14H2,1H3,(H,16,17). The number of methoxy groups -OCH3 is 1. The van der Waals surface area contributed by atoms with E-state index in [1.54, 1.807) is 7.11 Å². The minimum atomic E-state index is -3.86. The second-order valence-electron chi connectivity index (χ2n) is 4.51. The maximum absolute atomic E-state index is 12.1. The summed E-state index contributed by atoms with van der Waals surface area (Å²) in [5, 5.41) is 9.06. The van der Waals surface area contributed by atoms with E-state index in [1.165, 1.54) is 12.1 Å². The summed E-state index contributed by atoms with van der Waals surface area (Å²) in [6, 6.07) is 3.70. The van der Waals surface area contributed by atoms with Gasteiger partial charge in [0.1, 0.15) is 0 Å². The van der Waals surface area contributed by atoms with Crippen molar-refractivity contribution in [3.63, 3.8) is 0 Å². The summed E-state index contributed by atoms with van der Waals surface area (Å²) in [6.07, 6.45) is 2.32. The normalized spacial score (nSPS) is 11.5. The number of nitrogens with two attached hydrogens (primary N) is 1. The third-order valence-corrected chi connectivity index (χ3v) is 4.36. The van der Waals surface area contributed by atoms with E-state index in [1.807, 2.05) is 0 Å². The Morgan fingerprint density at radius 2 is 2.05 bits per heavy atom. The maximum atomic E-state index is 12.1. The van der Waals surface area contributed by atoms with Crippen molar-refractivity contribution < 1.29 is 23.1 Å². The quantitative estimate of drug-likeness (QED) is 0.463. The molecule has 0 saturated heterocycles. The molecule has 0 atom stereocenters. The average Bonchev–Trinajstić information content (AvgIpc) is 2.42. The van der Waals surface area contributed by atoms with Gasteiger partial charge in [-0.2, -0.15) is 0 Å². The summed E-state index contributed by atoms with van der Waals surface area (Å²) in [5.74, 6) is -1.33. The smallest absolute Gasteiger partial charge is 0.337 e. The zero-order valence-electron chi connectivity index (χ0n) is 11.8. The highest BCUT2D eigenvalue weighted by atomic mass is 32.2. The van der Waals surface area contributed by atoms with Crippen LogP contribution in [0.4, 0.5) is 5.69 Å². The molecule has 118 valence electrons. The zero-order chi connectivity index (χ0) is 15.9. The molecule has 0 heterocycles. The minimum Gasteiger partial charge on any atom is -0.478 e. The Bertz CT molecular complexity index is 586. The predicted octanol–water partition coefficient (Wildman–Crippen LogP) is 1.06. The van der Waals surface area contributed by atoms with Crippen LogP contribution in [0.25, 0.3) is 0 Å². The van der Waals surface area contributed by atoms with Crippen molar-refractivity contribution in [3.8, 4) is 0 Å². The number of rotatable bonds is 9. The number of benzene rings is 1. The molecule has 21 heavy (non-hydrogen) atoms. The number of nitrogens with one attached hydrogen (secondary N) is 1. The topological polar surface area (TPSA) is 119 Å². The monoisotopic (exact) mass is 316 g/mol. The largest absolute Gasteiger partial charge is 0.478 e. The van der Waals surface area contributed by atoms with E-state index in [-0.39, 0.29) is 22.7 Å². The molecule has 1 aromatic carbocycles. The van der Waals surface area contributed by atoms with Gasteiger partial charge in [-0.05, 0) is 37.5 Å². The van der Waals surface area contributed by atoms with Crippen molar-refractivity contribution >= 4 is 21.7 Å². The van der Waals surface area contributed by atoms with Gasteiger partial charge >= 0.3 is 5.97 Å². The van der Waals surface area contributed by atoms with E-state index >= 15 is 0 Å². The Labute approximate surface area is 124 Å². The van der Waals surface area contributed by atoms with E-state index in [2.05, 4.69) is 4.72 Å². The fourth-order valence-corrected chi connectivity index (χ4v) is 3.03. The molecular weight excluding hydrogens is 296 g/mol. The van der Waals surface area contributed by atoms with Gasteiger partial charge in [0, 0.05) is 25.9 Å². The molecule has 7 nitrogen and oxygen atoms in total. The summed E-state index contributed by atoms with van der Waals surface area (Å²) < 4.78 is 31.5. The number of sulfonamides is 1. The zero-order valence-corrected chi connectivity index (χ0v) is 12.6. The highest BCUT2D eigenvalue weighted by Gasteiger charge is 2.21.